The third-order valence-electron chi connectivity index (χ3n) is 2.94. The molecule has 0 aromatic heterocycles. The summed E-state index contributed by atoms with van der Waals surface area (Å²) in [6.45, 7) is -0.413. The van der Waals surface area contributed by atoms with E-state index < -0.39 is 28.3 Å². The molecule has 0 fully saturated rings. The molecule has 8 heteroatoms. The summed E-state index contributed by atoms with van der Waals surface area (Å²) in [6.07, 6.45) is 0. The number of hydrogen-bond donors (Lipinski definition) is 1. The van der Waals surface area contributed by atoms with E-state index in [4.69, 9.17) is 10.5 Å². The number of carbonyl (C=O) groups excluding carboxylic acids is 1. The summed E-state index contributed by atoms with van der Waals surface area (Å²) in [5.74, 6) is -0.532. The molecule has 1 amide bonds. The number of hydrogen-bond acceptors (Lipinski definition) is 4. The van der Waals surface area contributed by atoms with E-state index in [-0.39, 0.29) is 4.90 Å². The third kappa shape index (κ3) is 4.27. The number of nitrogens with zero attached hydrogens (tertiary/aromatic N) is 1. The van der Waals surface area contributed by atoms with Gasteiger partial charge in [-0.25, -0.2) is 12.8 Å². The van der Waals surface area contributed by atoms with Gasteiger partial charge < -0.3 is 10.5 Å². The molecule has 0 unspecified atom stereocenters. The fourth-order valence-corrected chi connectivity index (χ4v) is 2.97. The van der Waals surface area contributed by atoms with E-state index in [0.29, 0.717) is 11.5 Å². The monoisotopic (exact) mass is 338 g/mol. The van der Waals surface area contributed by atoms with Crippen LogP contribution in [0, 0.1) is 5.82 Å². The molecule has 0 aliphatic carbocycles. The maximum Gasteiger partial charge on any atom is 0.243 e. The fourth-order valence-electron chi connectivity index (χ4n) is 1.83. The lowest BCUT2D eigenvalue weighted by Crippen LogP contribution is -2.35. The Morgan fingerprint density at radius 3 is 2.39 bits per heavy atom. The Labute approximate surface area is 133 Å². The van der Waals surface area contributed by atoms with Gasteiger partial charge in [-0.05, 0) is 36.4 Å². The number of likely N-dealkylation sites (N-methyl/N-ethyl adjacent to an activating group) is 1. The van der Waals surface area contributed by atoms with Crippen LogP contribution in [-0.4, -0.2) is 32.2 Å². The maximum absolute atomic E-state index is 13.1. The first-order valence-electron chi connectivity index (χ1n) is 6.57. The van der Waals surface area contributed by atoms with Crippen molar-refractivity contribution in [2.24, 2.45) is 5.73 Å². The summed E-state index contributed by atoms with van der Waals surface area (Å²) >= 11 is 0. The zero-order chi connectivity index (χ0) is 17.0. The number of rotatable bonds is 6. The van der Waals surface area contributed by atoms with Gasteiger partial charge in [0.25, 0.3) is 0 Å². The lowest BCUT2D eigenvalue weighted by atomic mass is 10.3. The van der Waals surface area contributed by atoms with E-state index in [1.54, 1.807) is 6.07 Å². The van der Waals surface area contributed by atoms with Crippen LogP contribution in [0.1, 0.15) is 0 Å². The van der Waals surface area contributed by atoms with Gasteiger partial charge in [-0.3, -0.25) is 4.79 Å². The Hall–Kier alpha value is -2.45. The van der Waals surface area contributed by atoms with Crippen LogP contribution in [0.2, 0.25) is 0 Å². The number of primary amides is 1. The normalized spacial score (nSPS) is 11.4. The third-order valence-corrected chi connectivity index (χ3v) is 4.76. The van der Waals surface area contributed by atoms with Crippen LogP contribution < -0.4 is 10.5 Å². The number of sulfonamides is 1. The molecule has 0 saturated carbocycles. The first kappa shape index (κ1) is 16.9. The standard InChI is InChI=1S/C15H15FN2O4S/c1-18(10-15(17)19)23(20,21)14-7-5-12(6-8-14)22-13-4-2-3-11(16)9-13/h2-9H,10H2,1H3,(H2,17,19). The predicted molar refractivity (Wildman–Crippen MR) is 81.9 cm³/mol. The first-order chi connectivity index (χ1) is 10.8. The van der Waals surface area contributed by atoms with Crippen molar-refractivity contribution in [3.63, 3.8) is 0 Å². The summed E-state index contributed by atoms with van der Waals surface area (Å²) in [5.41, 5.74) is 4.99. The lowest BCUT2D eigenvalue weighted by Gasteiger charge is -2.15. The van der Waals surface area contributed by atoms with E-state index in [0.717, 1.165) is 4.31 Å². The van der Waals surface area contributed by atoms with Gasteiger partial charge in [-0.1, -0.05) is 6.07 Å². The Balaban J connectivity index is 2.17. The smallest absolute Gasteiger partial charge is 0.243 e. The highest BCUT2D eigenvalue weighted by atomic mass is 32.2. The molecule has 122 valence electrons. The number of ether oxygens (including phenoxy) is 1. The van der Waals surface area contributed by atoms with Gasteiger partial charge in [-0.2, -0.15) is 4.31 Å². The number of benzene rings is 2. The van der Waals surface area contributed by atoms with Crippen LogP contribution in [0.5, 0.6) is 11.5 Å². The van der Waals surface area contributed by atoms with E-state index in [1.807, 2.05) is 0 Å². The Bertz CT molecular complexity index is 806. The molecule has 0 atom stereocenters. The Morgan fingerprint density at radius 2 is 1.83 bits per heavy atom. The molecule has 23 heavy (non-hydrogen) atoms. The van der Waals surface area contributed by atoms with Crippen molar-refractivity contribution in [3.8, 4) is 11.5 Å². The second-order valence-electron chi connectivity index (χ2n) is 4.76. The molecule has 2 aromatic rings. The minimum Gasteiger partial charge on any atom is -0.457 e. The average molecular weight is 338 g/mol. The van der Waals surface area contributed by atoms with Gasteiger partial charge >= 0.3 is 0 Å². The minimum atomic E-state index is -3.81. The van der Waals surface area contributed by atoms with Crippen LogP contribution in [0.3, 0.4) is 0 Å². The Kier molecular flexibility index (Phi) is 4.97. The molecule has 0 aliphatic heterocycles. The molecular weight excluding hydrogens is 323 g/mol. The van der Waals surface area contributed by atoms with Gasteiger partial charge in [0.1, 0.15) is 17.3 Å². The molecule has 0 radical (unpaired) electrons. The van der Waals surface area contributed by atoms with Crippen molar-refractivity contribution in [2.75, 3.05) is 13.6 Å². The SMILES string of the molecule is CN(CC(N)=O)S(=O)(=O)c1ccc(Oc2cccc(F)c2)cc1. The van der Waals surface area contributed by atoms with Crippen LogP contribution in [-0.2, 0) is 14.8 Å². The quantitative estimate of drug-likeness (QED) is 0.868. The number of nitrogens with two attached hydrogens (primary N) is 1. The van der Waals surface area contributed by atoms with E-state index >= 15 is 0 Å². The minimum absolute atomic E-state index is 0.00663. The largest absolute Gasteiger partial charge is 0.457 e. The van der Waals surface area contributed by atoms with Gasteiger partial charge in [0, 0.05) is 13.1 Å². The van der Waals surface area contributed by atoms with Crippen LogP contribution in [0.4, 0.5) is 4.39 Å². The molecular formula is C15H15FN2O4S. The van der Waals surface area contributed by atoms with Crippen molar-refractivity contribution >= 4 is 15.9 Å². The molecule has 6 nitrogen and oxygen atoms in total. The zero-order valence-corrected chi connectivity index (χ0v) is 13.1. The van der Waals surface area contributed by atoms with E-state index in [9.17, 15) is 17.6 Å². The van der Waals surface area contributed by atoms with Crippen LogP contribution >= 0.6 is 0 Å². The molecule has 0 aliphatic rings. The molecule has 0 saturated heterocycles. The molecule has 0 spiro atoms. The second-order valence-corrected chi connectivity index (χ2v) is 6.80. The number of amides is 1. The van der Waals surface area contributed by atoms with Crippen molar-refractivity contribution in [3.05, 3.63) is 54.3 Å². The Morgan fingerprint density at radius 1 is 1.17 bits per heavy atom. The van der Waals surface area contributed by atoms with Crippen LogP contribution in [0.15, 0.2) is 53.4 Å². The lowest BCUT2D eigenvalue weighted by molar-refractivity contribution is -0.118. The molecule has 2 N–H and O–H groups in total. The number of halogens is 1. The number of carbonyl (C=O) groups is 1. The summed E-state index contributed by atoms with van der Waals surface area (Å²) < 4.78 is 43.8. The predicted octanol–water partition coefficient (Wildman–Crippen LogP) is 1.72. The van der Waals surface area contributed by atoms with Crippen LogP contribution in [0.25, 0.3) is 0 Å². The van der Waals surface area contributed by atoms with Gasteiger partial charge in [-0.15, -0.1) is 0 Å². The average Bonchev–Trinajstić information content (AvgIpc) is 2.47. The summed E-state index contributed by atoms with van der Waals surface area (Å²) in [7, 11) is -2.55. The second kappa shape index (κ2) is 6.76. The highest BCUT2D eigenvalue weighted by molar-refractivity contribution is 7.89. The fraction of sp³-hybridized carbons (Fsp3) is 0.133. The van der Waals surface area contributed by atoms with Crippen molar-refractivity contribution in [1.29, 1.82) is 0 Å². The summed E-state index contributed by atoms with van der Waals surface area (Å²) in [5, 5.41) is 0. The zero-order valence-electron chi connectivity index (χ0n) is 12.3. The van der Waals surface area contributed by atoms with Crippen molar-refractivity contribution < 1.29 is 22.3 Å². The van der Waals surface area contributed by atoms with Crippen molar-refractivity contribution in [2.45, 2.75) is 4.90 Å². The maximum atomic E-state index is 13.1. The first-order valence-corrected chi connectivity index (χ1v) is 8.01. The van der Waals surface area contributed by atoms with E-state index in [1.165, 1.54) is 49.5 Å². The van der Waals surface area contributed by atoms with Crippen molar-refractivity contribution in [1.82, 2.24) is 4.31 Å². The molecule has 0 heterocycles. The topological polar surface area (TPSA) is 89.7 Å². The van der Waals surface area contributed by atoms with E-state index in [2.05, 4.69) is 0 Å². The van der Waals surface area contributed by atoms with Gasteiger partial charge in [0.05, 0.1) is 11.4 Å². The summed E-state index contributed by atoms with van der Waals surface area (Å²) in [4.78, 5) is 10.8. The molecule has 2 rings (SSSR count). The molecule has 0 bridgehead atoms. The van der Waals surface area contributed by atoms with Gasteiger partial charge in [0.2, 0.25) is 15.9 Å². The highest BCUT2D eigenvalue weighted by Crippen LogP contribution is 2.24. The van der Waals surface area contributed by atoms with Gasteiger partial charge in [0.15, 0.2) is 0 Å². The highest BCUT2D eigenvalue weighted by Gasteiger charge is 2.22. The summed E-state index contributed by atoms with van der Waals surface area (Å²) in [6, 6.07) is 11.1. The molecule has 2 aromatic carbocycles.